The quantitative estimate of drug-likeness (QED) is 0.694. The van der Waals surface area contributed by atoms with E-state index in [1.165, 1.54) is 13.3 Å². The topological polar surface area (TPSA) is 61.4 Å². The van der Waals surface area contributed by atoms with Crippen LogP contribution in [-0.2, 0) is 9.59 Å². The molecule has 0 spiro atoms. The lowest BCUT2D eigenvalue weighted by molar-refractivity contribution is -0.135. The number of hydrogen-bond acceptors (Lipinski definition) is 3. The van der Waals surface area contributed by atoms with Gasteiger partial charge in [-0.05, 0) is 26.3 Å². The molecule has 1 rings (SSSR count). The Labute approximate surface area is 96.6 Å². The van der Waals surface area contributed by atoms with Gasteiger partial charge >= 0.3 is 0 Å². The molecule has 0 saturated carbocycles. The van der Waals surface area contributed by atoms with Gasteiger partial charge in [0.1, 0.15) is 0 Å². The van der Waals surface area contributed by atoms with Crippen molar-refractivity contribution in [2.24, 2.45) is 0 Å². The number of amides is 2. The summed E-state index contributed by atoms with van der Waals surface area (Å²) in [5.74, 6) is -0.134. The van der Waals surface area contributed by atoms with Crippen molar-refractivity contribution in [3.8, 4) is 0 Å². The number of nitrogens with one attached hydrogen (secondary N) is 2. The second-order valence-corrected chi connectivity index (χ2v) is 4.20. The van der Waals surface area contributed by atoms with E-state index in [1.807, 2.05) is 11.9 Å². The summed E-state index contributed by atoms with van der Waals surface area (Å²) in [6.07, 6.45) is 3.29. The zero-order chi connectivity index (χ0) is 12.0. The molecule has 5 nitrogen and oxygen atoms in total. The van der Waals surface area contributed by atoms with E-state index in [0.717, 1.165) is 25.9 Å². The second kappa shape index (κ2) is 6.48. The lowest BCUT2D eigenvalue weighted by Gasteiger charge is -2.35. The van der Waals surface area contributed by atoms with E-state index in [-0.39, 0.29) is 24.4 Å². The van der Waals surface area contributed by atoms with Crippen LogP contribution in [0.15, 0.2) is 0 Å². The largest absolute Gasteiger partial charge is 0.347 e. The zero-order valence-electron chi connectivity index (χ0n) is 10.1. The van der Waals surface area contributed by atoms with Crippen molar-refractivity contribution in [2.45, 2.75) is 32.2 Å². The van der Waals surface area contributed by atoms with Crippen LogP contribution in [0.5, 0.6) is 0 Å². The fourth-order valence-electron chi connectivity index (χ4n) is 2.08. The SMILES string of the molecule is CNCC1CCCCN1C(=O)CNC(C)=O. The minimum absolute atomic E-state index is 0.0233. The van der Waals surface area contributed by atoms with Gasteiger partial charge in [-0.2, -0.15) is 0 Å². The van der Waals surface area contributed by atoms with Gasteiger partial charge in [-0.25, -0.2) is 0 Å². The van der Waals surface area contributed by atoms with Crippen molar-refractivity contribution in [3.05, 3.63) is 0 Å². The summed E-state index contributed by atoms with van der Waals surface area (Å²) in [4.78, 5) is 24.5. The van der Waals surface area contributed by atoms with Crippen molar-refractivity contribution in [1.82, 2.24) is 15.5 Å². The van der Waals surface area contributed by atoms with Gasteiger partial charge < -0.3 is 15.5 Å². The van der Waals surface area contributed by atoms with Crippen LogP contribution in [0.1, 0.15) is 26.2 Å². The summed E-state index contributed by atoms with van der Waals surface area (Å²) in [7, 11) is 1.89. The molecule has 0 aromatic rings. The van der Waals surface area contributed by atoms with Gasteiger partial charge in [0.2, 0.25) is 11.8 Å². The molecule has 1 unspecified atom stereocenters. The van der Waals surface area contributed by atoms with Crippen LogP contribution in [0.2, 0.25) is 0 Å². The van der Waals surface area contributed by atoms with Crippen molar-refractivity contribution >= 4 is 11.8 Å². The van der Waals surface area contributed by atoms with Crippen molar-refractivity contribution in [3.63, 3.8) is 0 Å². The highest BCUT2D eigenvalue weighted by atomic mass is 16.2. The molecule has 1 heterocycles. The Morgan fingerprint density at radius 2 is 2.12 bits per heavy atom. The normalized spacial score (nSPS) is 20.6. The predicted molar refractivity (Wildman–Crippen MR) is 62.0 cm³/mol. The van der Waals surface area contributed by atoms with Crippen LogP contribution in [-0.4, -0.2) is 49.4 Å². The molecule has 16 heavy (non-hydrogen) atoms. The summed E-state index contributed by atoms with van der Waals surface area (Å²) in [5.41, 5.74) is 0. The summed E-state index contributed by atoms with van der Waals surface area (Å²) < 4.78 is 0. The monoisotopic (exact) mass is 227 g/mol. The van der Waals surface area contributed by atoms with E-state index in [4.69, 9.17) is 0 Å². The zero-order valence-corrected chi connectivity index (χ0v) is 10.1. The number of hydrogen-bond donors (Lipinski definition) is 2. The Morgan fingerprint density at radius 3 is 2.75 bits per heavy atom. The first-order valence-electron chi connectivity index (χ1n) is 5.83. The van der Waals surface area contributed by atoms with Gasteiger partial charge in [-0.15, -0.1) is 0 Å². The maximum absolute atomic E-state index is 11.9. The Morgan fingerprint density at radius 1 is 1.38 bits per heavy atom. The van der Waals surface area contributed by atoms with E-state index in [1.54, 1.807) is 0 Å². The molecule has 1 aliphatic heterocycles. The van der Waals surface area contributed by atoms with Gasteiger partial charge in [0.25, 0.3) is 0 Å². The number of carbonyl (C=O) groups excluding carboxylic acids is 2. The molecule has 5 heteroatoms. The Kier molecular flexibility index (Phi) is 5.25. The molecule has 0 bridgehead atoms. The third-order valence-corrected chi connectivity index (χ3v) is 2.88. The van der Waals surface area contributed by atoms with Gasteiger partial charge in [-0.1, -0.05) is 0 Å². The van der Waals surface area contributed by atoms with Crippen molar-refractivity contribution in [2.75, 3.05) is 26.7 Å². The van der Waals surface area contributed by atoms with E-state index < -0.39 is 0 Å². The molecule has 92 valence electrons. The molecule has 2 N–H and O–H groups in total. The molecule has 0 aliphatic carbocycles. The minimum Gasteiger partial charge on any atom is -0.347 e. The highest BCUT2D eigenvalue weighted by molar-refractivity contribution is 5.83. The summed E-state index contributed by atoms with van der Waals surface area (Å²) in [6.45, 7) is 3.18. The van der Waals surface area contributed by atoms with Crippen LogP contribution in [0, 0.1) is 0 Å². The highest BCUT2D eigenvalue weighted by Gasteiger charge is 2.25. The number of nitrogens with zero attached hydrogens (tertiary/aromatic N) is 1. The smallest absolute Gasteiger partial charge is 0.242 e. The fraction of sp³-hybridized carbons (Fsp3) is 0.818. The Balaban J connectivity index is 2.46. The first-order chi connectivity index (χ1) is 7.65. The lowest BCUT2D eigenvalue weighted by atomic mass is 10.0. The van der Waals surface area contributed by atoms with Gasteiger partial charge in [0.15, 0.2) is 0 Å². The maximum Gasteiger partial charge on any atom is 0.242 e. The van der Waals surface area contributed by atoms with Crippen LogP contribution < -0.4 is 10.6 Å². The average Bonchev–Trinajstić information content (AvgIpc) is 2.27. The van der Waals surface area contributed by atoms with Crippen molar-refractivity contribution < 1.29 is 9.59 Å². The standard InChI is InChI=1S/C11H21N3O2/c1-9(15)13-8-11(16)14-6-4-3-5-10(14)7-12-2/h10,12H,3-8H2,1-2H3,(H,13,15). The number of carbonyl (C=O) groups is 2. The maximum atomic E-state index is 11.9. The summed E-state index contributed by atoms with van der Waals surface area (Å²) in [6, 6.07) is 0.278. The number of rotatable bonds is 4. The lowest BCUT2D eigenvalue weighted by Crippen LogP contribution is -2.51. The third kappa shape index (κ3) is 3.81. The van der Waals surface area contributed by atoms with Crippen molar-refractivity contribution in [1.29, 1.82) is 0 Å². The van der Waals surface area contributed by atoms with E-state index in [2.05, 4.69) is 10.6 Å². The van der Waals surface area contributed by atoms with Crippen LogP contribution >= 0.6 is 0 Å². The second-order valence-electron chi connectivity index (χ2n) is 4.20. The molecule has 1 aliphatic rings. The molecule has 0 radical (unpaired) electrons. The number of likely N-dealkylation sites (tertiary alicyclic amines) is 1. The first kappa shape index (κ1) is 13.0. The van der Waals surface area contributed by atoms with E-state index in [0.29, 0.717) is 0 Å². The van der Waals surface area contributed by atoms with Gasteiger partial charge in [0, 0.05) is 26.1 Å². The molecular weight excluding hydrogens is 206 g/mol. The summed E-state index contributed by atoms with van der Waals surface area (Å²) >= 11 is 0. The number of piperidine rings is 1. The van der Waals surface area contributed by atoms with Crippen LogP contribution in [0.3, 0.4) is 0 Å². The highest BCUT2D eigenvalue weighted by Crippen LogP contribution is 2.16. The van der Waals surface area contributed by atoms with Crippen LogP contribution in [0.4, 0.5) is 0 Å². The van der Waals surface area contributed by atoms with E-state index >= 15 is 0 Å². The summed E-state index contributed by atoms with van der Waals surface area (Å²) in [5, 5.41) is 5.66. The predicted octanol–water partition coefficient (Wildman–Crippen LogP) is -0.277. The van der Waals surface area contributed by atoms with Gasteiger partial charge in [0.05, 0.1) is 6.54 Å². The Hall–Kier alpha value is -1.10. The van der Waals surface area contributed by atoms with Crippen LogP contribution in [0.25, 0.3) is 0 Å². The molecule has 1 atom stereocenters. The first-order valence-corrected chi connectivity index (χ1v) is 5.83. The molecule has 0 aromatic heterocycles. The fourth-order valence-corrected chi connectivity index (χ4v) is 2.08. The average molecular weight is 227 g/mol. The molecular formula is C11H21N3O2. The third-order valence-electron chi connectivity index (χ3n) is 2.88. The molecule has 0 aromatic carbocycles. The molecule has 1 fully saturated rings. The molecule has 2 amide bonds. The number of likely N-dealkylation sites (N-methyl/N-ethyl adjacent to an activating group) is 1. The molecule has 1 saturated heterocycles. The van der Waals surface area contributed by atoms with Gasteiger partial charge in [-0.3, -0.25) is 9.59 Å². The minimum atomic E-state index is -0.157. The van der Waals surface area contributed by atoms with E-state index in [9.17, 15) is 9.59 Å². The Bertz CT molecular complexity index is 254.